The molecule has 0 saturated heterocycles. The lowest BCUT2D eigenvalue weighted by Gasteiger charge is -2.14. The van der Waals surface area contributed by atoms with Crippen LogP contribution in [0.5, 0.6) is 5.75 Å². The van der Waals surface area contributed by atoms with E-state index < -0.39 is 0 Å². The first-order valence-electron chi connectivity index (χ1n) is 10.4. The molecule has 0 unspecified atom stereocenters. The highest BCUT2D eigenvalue weighted by Gasteiger charge is 2.08. The van der Waals surface area contributed by atoms with Crippen molar-refractivity contribution < 1.29 is 13.9 Å². The number of carbonyl (C=O) groups is 1. The second kappa shape index (κ2) is 13.4. The molecule has 3 N–H and O–H groups in total. The van der Waals surface area contributed by atoms with Gasteiger partial charge in [-0.05, 0) is 49.7 Å². The molecule has 3 rings (SSSR count). The van der Waals surface area contributed by atoms with Gasteiger partial charge in [0.05, 0.1) is 19.4 Å². The molecule has 170 valence electrons. The zero-order valence-corrected chi connectivity index (χ0v) is 20.6. The Balaban J connectivity index is 0.00000363. The number of anilines is 1. The second-order valence-corrected chi connectivity index (χ2v) is 6.72. The highest BCUT2D eigenvalue weighted by atomic mass is 127. The molecule has 1 aromatic heterocycles. The maximum atomic E-state index is 12.0. The number of ether oxygens (including phenoxy) is 1. The molecule has 0 aliphatic carbocycles. The normalized spacial score (nSPS) is 10.8. The fourth-order valence-corrected chi connectivity index (χ4v) is 2.93. The van der Waals surface area contributed by atoms with Crippen molar-refractivity contribution in [3.05, 3.63) is 83.8 Å². The number of hydrogen-bond acceptors (Lipinski definition) is 4. The van der Waals surface area contributed by atoms with Crippen molar-refractivity contribution >= 4 is 41.5 Å². The number of nitrogens with zero attached hydrogens (tertiary/aromatic N) is 1. The van der Waals surface area contributed by atoms with E-state index >= 15 is 0 Å². The lowest BCUT2D eigenvalue weighted by molar-refractivity contribution is 0.0996. The summed E-state index contributed by atoms with van der Waals surface area (Å²) in [5.74, 6) is 1.60. The molecule has 2 aromatic carbocycles. The van der Waals surface area contributed by atoms with Gasteiger partial charge in [0.1, 0.15) is 5.75 Å². The van der Waals surface area contributed by atoms with Gasteiger partial charge >= 0.3 is 0 Å². The Kier molecular flexibility index (Phi) is 10.6. The molecule has 3 aromatic rings. The van der Waals surface area contributed by atoms with Crippen LogP contribution in [0.2, 0.25) is 0 Å². The van der Waals surface area contributed by atoms with E-state index in [0.29, 0.717) is 25.4 Å². The van der Waals surface area contributed by atoms with E-state index in [1.165, 1.54) is 6.26 Å². The molecule has 0 aliphatic heterocycles. The van der Waals surface area contributed by atoms with Crippen molar-refractivity contribution in [3.8, 4) is 5.75 Å². The highest BCUT2D eigenvalue weighted by Crippen LogP contribution is 2.17. The molecule has 0 fully saturated rings. The minimum absolute atomic E-state index is 0. The monoisotopic (exact) mass is 548 g/mol. The van der Waals surface area contributed by atoms with Gasteiger partial charge in [0.2, 0.25) is 0 Å². The molecule has 8 heteroatoms. The lowest BCUT2D eigenvalue weighted by Crippen LogP contribution is -2.36. The molecule has 0 radical (unpaired) electrons. The number of rotatable bonds is 9. The molecular weight excluding hydrogens is 519 g/mol. The van der Waals surface area contributed by atoms with Gasteiger partial charge in [-0.2, -0.15) is 0 Å². The zero-order valence-electron chi connectivity index (χ0n) is 18.3. The fourth-order valence-electron chi connectivity index (χ4n) is 2.93. The van der Waals surface area contributed by atoms with Crippen LogP contribution in [0, 0.1) is 0 Å². The van der Waals surface area contributed by atoms with E-state index in [4.69, 9.17) is 9.15 Å². The summed E-state index contributed by atoms with van der Waals surface area (Å²) in [5, 5.41) is 9.41. The maximum Gasteiger partial charge on any atom is 0.291 e. The minimum Gasteiger partial charge on any atom is -0.494 e. The summed E-state index contributed by atoms with van der Waals surface area (Å²) in [5.41, 5.74) is 2.81. The number of halogens is 1. The van der Waals surface area contributed by atoms with Crippen molar-refractivity contribution in [2.45, 2.75) is 26.9 Å². The largest absolute Gasteiger partial charge is 0.494 e. The topological polar surface area (TPSA) is 87.9 Å². The van der Waals surface area contributed by atoms with Crippen molar-refractivity contribution in [3.63, 3.8) is 0 Å². The van der Waals surface area contributed by atoms with Crippen molar-refractivity contribution in [1.29, 1.82) is 0 Å². The second-order valence-electron chi connectivity index (χ2n) is 6.72. The zero-order chi connectivity index (χ0) is 21.9. The summed E-state index contributed by atoms with van der Waals surface area (Å²) < 4.78 is 10.8. The Morgan fingerprint density at radius 2 is 1.78 bits per heavy atom. The van der Waals surface area contributed by atoms with Crippen molar-refractivity contribution in [1.82, 2.24) is 10.6 Å². The minimum atomic E-state index is -0.276. The summed E-state index contributed by atoms with van der Waals surface area (Å²) in [4.78, 5) is 16.7. The van der Waals surface area contributed by atoms with Gasteiger partial charge in [-0.25, -0.2) is 4.99 Å². The summed E-state index contributed by atoms with van der Waals surface area (Å²) >= 11 is 0. The first kappa shape index (κ1) is 25.3. The van der Waals surface area contributed by atoms with E-state index in [1.807, 2.05) is 62.4 Å². The summed E-state index contributed by atoms with van der Waals surface area (Å²) in [6.07, 6.45) is 1.47. The summed E-state index contributed by atoms with van der Waals surface area (Å²) in [7, 11) is 0. The quantitative estimate of drug-likeness (QED) is 0.203. The van der Waals surface area contributed by atoms with Gasteiger partial charge in [-0.3, -0.25) is 4.79 Å². The first-order chi connectivity index (χ1) is 15.2. The summed E-state index contributed by atoms with van der Waals surface area (Å²) in [6, 6.07) is 18.9. The van der Waals surface area contributed by atoms with Crippen molar-refractivity contribution in [2.75, 3.05) is 18.5 Å². The number of carbonyl (C=O) groups excluding carboxylic acids is 1. The van der Waals surface area contributed by atoms with Crippen LogP contribution in [-0.2, 0) is 13.1 Å². The molecule has 0 saturated carbocycles. The smallest absolute Gasteiger partial charge is 0.291 e. The van der Waals surface area contributed by atoms with Crippen LogP contribution in [0.4, 0.5) is 5.69 Å². The predicted octanol–water partition coefficient (Wildman–Crippen LogP) is 4.80. The third-order valence-corrected chi connectivity index (χ3v) is 4.44. The predicted molar refractivity (Wildman–Crippen MR) is 138 cm³/mol. The Labute approximate surface area is 205 Å². The van der Waals surface area contributed by atoms with Gasteiger partial charge in [0, 0.05) is 24.3 Å². The maximum absolute atomic E-state index is 12.0. The molecule has 32 heavy (non-hydrogen) atoms. The van der Waals surface area contributed by atoms with E-state index in [9.17, 15) is 4.79 Å². The summed E-state index contributed by atoms with van der Waals surface area (Å²) in [6.45, 7) is 6.51. The Hall–Kier alpha value is -3.01. The Bertz CT molecular complexity index is 989. The standard InChI is InChI=1S/C24H28N4O3.HI/c1-3-25-24(27-17-19-8-5-6-9-21(19)30-4-2)26-16-18-11-13-20(14-12-18)28-23(29)22-10-7-15-31-22;/h5-15H,3-4,16-17H2,1-2H3,(H,28,29)(H2,25,26,27);1H. The van der Waals surface area contributed by atoms with Crippen LogP contribution in [0.25, 0.3) is 0 Å². The molecule has 7 nitrogen and oxygen atoms in total. The number of para-hydroxylation sites is 1. The van der Waals surface area contributed by atoms with Gasteiger partial charge in [-0.1, -0.05) is 30.3 Å². The molecule has 0 atom stereocenters. The third-order valence-electron chi connectivity index (χ3n) is 4.44. The molecule has 1 amide bonds. The van der Waals surface area contributed by atoms with Gasteiger partial charge in [0.25, 0.3) is 5.91 Å². The number of benzene rings is 2. The molecule has 0 aliphatic rings. The molecule has 0 spiro atoms. The van der Waals surface area contributed by atoms with E-state index in [-0.39, 0.29) is 35.6 Å². The van der Waals surface area contributed by atoms with Crippen LogP contribution in [-0.4, -0.2) is 25.0 Å². The highest BCUT2D eigenvalue weighted by molar-refractivity contribution is 14.0. The number of amides is 1. The molecular formula is C24H29IN4O3. The van der Waals surface area contributed by atoms with Gasteiger partial charge < -0.3 is 25.1 Å². The average molecular weight is 548 g/mol. The SMILES string of the molecule is CCNC(=NCc1ccc(NC(=O)c2ccco2)cc1)NCc1ccccc1OCC.I. The van der Waals surface area contributed by atoms with Crippen LogP contribution >= 0.6 is 24.0 Å². The number of aliphatic imine (C=N–C) groups is 1. The van der Waals surface area contributed by atoms with E-state index in [0.717, 1.165) is 29.4 Å². The van der Waals surface area contributed by atoms with Gasteiger partial charge in [-0.15, -0.1) is 24.0 Å². The molecule has 1 heterocycles. The number of hydrogen-bond donors (Lipinski definition) is 3. The lowest BCUT2D eigenvalue weighted by atomic mass is 10.2. The van der Waals surface area contributed by atoms with Crippen LogP contribution in [0.3, 0.4) is 0 Å². The third kappa shape index (κ3) is 7.60. The fraction of sp³-hybridized carbons (Fsp3) is 0.250. The number of guanidine groups is 1. The molecule has 0 bridgehead atoms. The Morgan fingerprint density at radius 3 is 2.47 bits per heavy atom. The van der Waals surface area contributed by atoms with E-state index in [1.54, 1.807) is 12.1 Å². The van der Waals surface area contributed by atoms with Crippen LogP contribution in [0.1, 0.15) is 35.5 Å². The van der Waals surface area contributed by atoms with Crippen molar-refractivity contribution in [2.24, 2.45) is 4.99 Å². The van der Waals surface area contributed by atoms with Crippen LogP contribution in [0.15, 0.2) is 76.3 Å². The van der Waals surface area contributed by atoms with E-state index in [2.05, 4.69) is 20.9 Å². The number of furan rings is 1. The van der Waals surface area contributed by atoms with Gasteiger partial charge in [0.15, 0.2) is 11.7 Å². The first-order valence-corrected chi connectivity index (χ1v) is 10.4. The Morgan fingerprint density at radius 1 is 1.00 bits per heavy atom. The number of nitrogens with one attached hydrogen (secondary N) is 3. The van der Waals surface area contributed by atoms with Crippen LogP contribution < -0.4 is 20.7 Å². The average Bonchev–Trinajstić information content (AvgIpc) is 3.33.